The van der Waals surface area contributed by atoms with Gasteiger partial charge < -0.3 is 15.0 Å². The summed E-state index contributed by atoms with van der Waals surface area (Å²) in [6, 6.07) is 9.26. The van der Waals surface area contributed by atoms with E-state index in [2.05, 4.69) is 16.3 Å². The zero-order chi connectivity index (χ0) is 21.4. The molecule has 0 spiro atoms. The summed E-state index contributed by atoms with van der Waals surface area (Å²) in [7, 11) is 1.37. The van der Waals surface area contributed by atoms with E-state index in [9.17, 15) is 9.59 Å². The van der Waals surface area contributed by atoms with Crippen LogP contribution in [0.1, 0.15) is 50.1 Å². The molecule has 0 radical (unpaired) electrons. The number of likely N-dealkylation sites (tertiary alicyclic amines) is 1. The van der Waals surface area contributed by atoms with E-state index in [0.717, 1.165) is 31.5 Å². The lowest BCUT2D eigenvalue weighted by atomic mass is 9.68. The number of carbonyl (C=O) groups is 2. The fourth-order valence-corrected chi connectivity index (χ4v) is 6.45. The number of piperidine rings is 3. The smallest absolute Gasteiger partial charge is 0.333 e. The Morgan fingerprint density at radius 2 is 1.97 bits per heavy atom. The van der Waals surface area contributed by atoms with Gasteiger partial charge in [0.15, 0.2) is 6.04 Å². The Kier molecular flexibility index (Phi) is 5.74. The van der Waals surface area contributed by atoms with Gasteiger partial charge in [-0.15, -0.1) is 0 Å². The molecule has 1 aromatic rings. The van der Waals surface area contributed by atoms with Gasteiger partial charge in [0.25, 0.3) is 0 Å². The number of nitrogens with one attached hydrogen (secondary N) is 1. The minimum absolute atomic E-state index is 0.155. The van der Waals surface area contributed by atoms with Crippen LogP contribution < -0.4 is 5.32 Å². The summed E-state index contributed by atoms with van der Waals surface area (Å²) < 4.78 is 5.00. The topological polar surface area (TPSA) is 61.9 Å². The first kappa shape index (κ1) is 20.6. The van der Waals surface area contributed by atoms with Gasteiger partial charge in [0, 0.05) is 19.1 Å². The third-order valence-electron chi connectivity index (χ3n) is 7.76. The van der Waals surface area contributed by atoms with Crippen LogP contribution >= 0.6 is 0 Å². The second kappa shape index (κ2) is 8.65. The number of carbonyl (C=O) groups excluding carboxylic acids is 2. The summed E-state index contributed by atoms with van der Waals surface area (Å²) in [5, 5.41) is 2.99. The summed E-state index contributed by atoms with van der Waals surface area (Å²) in [6.07, 6.45) is 9.71. The first-order valence-corrected chi connectivity index (χ1v) is 11.8. The molecular formula is C25H33N3O3. The lowest BCUT2D eigenvalue weighted by Crippen LogP contribution is -2.61. The molecule has 3 saturated heterocycles. The molecule has 5 atom stereocenters. The van der Waals surface area contributed by atoms with Crippen molar-refractivity contribution in [2.75, 3.05) is 26.7 Å². The molecule has 1 aromatic carbocycles. The molecule has 3 fully saturated rings. The number of methoxy groups -OCH3 is 1. The SMILES string of the molecule is COC(=O)[C@H](NC(=O)N1CCCC2=C[C@H]3C[C@H](CN4CCCC[C@H]34)[C@@H]21)c1ccccc1. The second-order valence-electron chi connectivity index (χ2n) is 9.52. The van der Waals surface area contributed by atoms with Gasteiger partial charge in [-0.2, -0.15) is 0 Å². The molecule has 4 aliphatic rings. The van der Waals surface area contributed by atoms with Crippen LogP contribution in [0.5, 0.6) is 0 Å². The number of ether oxygens (including phenoxy) is 1. The van der Waals surface area contributed by atoms with Crippen LogP contribution in [-0.4, -0.2) is 60.6 Å². The number of hydrogen-bond donors (Lipinski definition) is 1. The molecule has 2 bridgehead atoms. The van der Waals surface area contributed by atoms with Crippen LogP contribution in [0.2, 0.25) is 0 Å². The first-order chi connectivity index (χ1) is 15.2. The predicted molar refractivity (Wildman–Crippen MR) is 118 cm³/mol. The second-order valence-corrected chi connectivity index (χ2v) is 9.52. The number of benzene rings is 1. The lowest BCUT2D eigenvalue weighted by Gasteiger charge is -2.54. The number of urea groups is 1. The van der Waals surface area contributed by atoms with E-state index in [4.69, 9.17) is 4.74 Å². The molecule has 1 N–H and O–H groups in total. The number of fused-ring (bicyclic) bond motifs is 6. The van der Waals surface area contributed by atoms with Gasteiger partial charge in [0.2, 0.25) is 0 Å². The van der Waals surface area contributed by atoms with Crippen molar-refractivity contribution >= 4 is 12.0 Å². The maximum Gasteiger partial charge on any atom is 0.333 e. The Hall–Kier alpha value is -2.34. The highest BCUT2D eigenvalue weighted by Crippen LogP contribution is 2.45. The van der Waals surface area contributed by atoms with Gasteiger partial charge in [-0.25, -0.2) is 9.59 Å². The molecule has 31 heavy (non-hydrogen) atoms. The Morgan fingerprint density at radius 1 is 1.13 bits per heavy atom. The van der Waals surface area contributed by atoms with Crippen molar-refractivity contribution in [2.24, 2.45) is 11.8 Å². The largest absolute Gasteiger partial charge is 0.467 e. The zero-order valence-corrected chi connectivity index (χ0v) is 18.3. The van der Waals surface area contributed by atoms with Crippen molar-refractivity contribution < 1.29 is 14.3 Å². The van der Waals surface area contributed by atoms with Crippen molar-refractivity contribution in [2.45, 2.75) is 56.7 Å². The quantitative estimate of drug-likeness (QED) is 0.597. The minimum Gasteiger partial charge on any atom is -0.467 e. The molecule has 2 amide bonds. The molecule has 3 aliphatic heterocycles. The molecular weight excluding hydrogens is 390 g/mol. The third kappa shape index (κ3) is 3.86. The number of esters is 1. The van der Waals surface area contributed by atoms with Gasteiger partial charge in [-0.05, 0) is 56.0 Å². The maximum absolute atomic E-state index is 13.5. The molecule has 0 saturated carbocycles. The van der Waals surface area contributed by atoms with Gasteiger partial charge in [-0.1, -0.05) is 48.4 Å². The molecule has 1 aliphatic carbocycles. The Balaban J connectivity index is 1.38. The summed E-state index contributed by atoms with van der Waals surface area (Å²) in [5.74, 6) is 0.684. The fourth-order valence-electron chi connectivity index (χ4n) is 6.45. The van der Waals surface area contributed by atoms with E-state index in [1.807, 2.05) is 35.2 Å². The fraction of sp³-hybridized carbons (Fsp3) is 0.600. The Labute approximate surface area is 184 Å². The number of rotatable bonds is 3. The van der Waals surface area contributed by atoms with Crippen molar-refractivity contribution in [1.29, 1.82) is 0 Å². The van der Waals surface area contributed by atoms with Crippen LogP contribution in [0.25, 0.3) is 0 Å². The van der Waals surface area contributed by atoms with Crippen molar-refractivity contribution in [3.8, 4) is 0 Å². The number of nitrogens with zero attached hydrogens (tertiary/aromatic N) is 2. The van der Waals surface area contributed by atoms with E-state index in [1.165, 1.54) is 44.9 Å². The van der Waals surface area contributed by atoms with Crippen LogP contribution in [0, 0.1) is 11.8 Å². The molecule has 0 aromatic heterocycles. The third-order valence-corrected chi connectivity index (χ3v) is 7.76. The summed E-state index contributed by atoms with van der Waals surface area (Å²) >= 11 is 0. The number of hydrogen-bond acceptors (Lipinski definition) is 4. The molecule has 166 valence electrons. The standard InChI is InChI=1S/C25H33N3O3/c1-31-24(29)22(17-8-3-2-4-9-17)26-25(30)28-13-7-10-18-14-19-15-20(23(18)28)16-27-12-6-5-11-21(19)27/h2-4,8-9,14,19-23H,5-7,10-13,15-16H2,1H3,(H,26,30)/t19-,20+,21+,22+,23+/m0/s1. The van der Waals surface area contributed by atoms with Crippen LogP contribution in [0.15, 0.2) is 42.0 Å². The summed E-state index contributed by atoms with van der Waals surface area (Å²) in [6.45, 7) is 3.02. The highest BCUT2D eigenvalue weighted by molar-refractivity contribution is 5.85. The monoisotopic (exact) mass is 423 g/mol. The number of amides is 2. The van der Waals surface area contributed by atoms with Crippen LogP contribution in [0.3, 0.4) is 0 Å². The first-order valence-electron chi connectivity index (χ1n) is 11.8. The zero-order valence-electron chi connectivity index (χ0n) is 18.3. The maximum atomic E-state index is 13.5. The van der Waals surface area contributed by atoms with Gasteiger partial charge in [0.05, 0.1) is 13.2 Å². The van der Waals surface area contributed by atoms with E-state index in [0.29, 0.717) is 17.9 Å². The van der Waals surface area contributed by atoms with Gasteiger partial charge >= 0.3 is 12.0 Å². The molecule has 5 rings (SSSR count). The molecule has 3 heterocycles. The summed E-state index contributed by atoms with van der Waals surface area (Å²) in [4.78, 5) is 30.6. The van der Waals surface area contributed by atoms with E-state index >= 15 is 0 Å². The van der Waals surface area contributed by atoms with E-state index in [1.54, 1.807) is 0 Å². The Morgan fingerprint density at radius 3 is 2.77 bits per heavy atom. The van der Waals surface area contributed by atoms with E-state index < -0.39 is 12.0 Å². The van der Waals surface area contributed by atoms with Gasteiger partial charge in [-0.3, -0.25) is 4.90 Å². The summed E-state index contributed by atoms with van der Waals surface area (Å²) in [5.41, 5.74) is 2.19. The normalized spacial score (nSPS) is 31.0. The average molecular weight is 424 g/mol. The lowest BCUT2D eigenvalue weighted by molar-refractivity contribution is -0.143. The highest BCUT2D eigenvalue weighted by Gasteiger charge is 2.47. The predicted octanol–water partition coefficient (Wildman–Crippen LogP) is 3.51. The molecule has 6 heteroatoms. The van der Waals surface area contributed by atoms with Crippen molar-refractivity contribution in [1.82, 2.24) is 15.1 Å². The Bertz CT molecular complexity index is 855. The van der Waals surface area contributed by atoms with Crippen LogP contribution in [-0.2, 0) is 9.53 Å². The van der Waals surface area contributed by atoms with Gasteiger partial charge in [0.1, 0.15) is 0 Å². The molecule has 0 unspecified atom stereocenters. The van der Waals surface area contributed by atoms with Crippen molar-refractivity contribution in [3.63, 3.8) is 0 Å². The average Bonchev–Trinajstić information content (AvgIpc) is 2.82. The van der Waals surface area contributed by atoms with E-state index in [-0.39, 0.29) is 12.1 Å². The molecule has 6 nitrogen and oxygen atoms in total. The minimum atomic E-state index is -0.790. The van der Waals surface area contributed by atoms with Crippen molar-refractivity contribution in [3.05, 3.63) is 47.5 Å². The van der Waals surface area contributed by atoms with Crippen LogP contribution in [0.4, 0.5) is 4.79 Å². The highest BCUT2D eigenvalue weighted by atomic mass is 16.5.